The van der Waals surface area contributed by atoms with Crippen LogP contribution in [0.1, 0.15) is 33.1 Å². The highest BCUT2D eigenvalue weighted by atomic mass is 32.2. The Bertz CT molecular complexity index is 754. The topological polar surface area (TPSA) is 72.4 Å². The lowest BCUT2D eigenvalue weighted by atomic mass is 9.97. The molecule has 0 N–H and O–H groups in total. The number of hydrogen-bond acceptors (Lipinski definition) is 7. The summed E-state index contributed by atoms with van der Waals surface area (Å²) in [6, 6.07) is 2.35. The maximum Gasteiger partial charge on any atom is 0.316 e. The molecule has 0 bridgehead atoms. The smallest absolute Gasteiger partial charge is 0.316 e. The van der Waals surface area contributed by atoms with Crippen LogP contribution in [-0.2, 0) is 14.3 Å². The van der Waals surface area contributed by atoms with Gasteiger partial charge in [-0.1, -0.05) is 11.8 Å². The van der Waals surface area contributed by atoms with Crippen LogP contribution in [0.15, 0.2) is 22.8 Å². The number of piperidine rings is 1. The summed E-state index contributed by atoms with van der Waals surface area (Å²) in [5.41, 5.74) is 0. The minimum absolute atomic E-state index is 0.111. The number of carbonyl (C=O) groups is 2. The van der Waals surface area contributed by atoms with Crippen molar-refractivity contribution in [3.05, 3.63) is 17.8 Å². The summed E-state index contributed by atoms with van der Waals surface area (Å²) in [5.74, 6) is -0.390. The first-order valence-electron chi connectivity index (χ1n) is 8.34. The highest BCUT2D eigenvalue weighted by Gasteiger charge is 2.29. The van der Waals surface area contributed by atoms with E-state index in [1.165, 1.54) is 29.4 Å². The van der Waals surface area contributed by atoms with Gasteiger partial charge in [-0.05, 0) is 44.6 Å². The Balaban J connectivity index is 1.49. The lowest BCUT2D eigenvalue weighted by Gasteiger charge is -2.38. The molecule has 1 fully saturated rings. The number of nitrogens with zero attached hydrogens (tertiary/aromatic N) is 3. The van der Waals surface area contributed by atoms with E-state index in [2.05, 4.69) is 9.97 Å². The van der Waals surface area contributed by atoms with Gasteiger partial charge in [0.1, 0.15) is 16.2 Å². The average molecular weight is 380 g/mol. The number of aromatic nitrogens is 2. The maximum absolute atomic E-state index is 12.4. The fourth-order valence-electron chi connectivity index (χ4n) is 3.18. The van der Waals surface area contributed by atoms with Gasteiger partial charge in [0.25, 0.3) is 5.91 Å². The number of thioether (sulfide) groups is 1. The number of carbonyl (C=O) groups excluding carboxylic acids is 2. The van der Waals surface area contributed by atoms with Crippen LogP contribution >= 0.6 is 23.1 Å². The Morgan fingerprint density at radius 2 is 2.08 bits per heavy atom. The van der Waals surface area contributed by atoms with Crippen LogP contribution in [0, 0.1) is 0 Å². The van der Waals surface area contributed by atoms with Crippen molar-refractivity contribution in [3.8, 4) is 0 Å². The Hall–Kier alpha value is -1.67. The molecule has 0 saturated carbocycles. The molecule has 8 heteroatoms. The molecule has 2 aromatic heterocycles. The molecule has 0 spiro atoms. The molecule has 0 radical (unpaired) electrons. The Morgan fingerprint density at radius 3 is 2.84 bits per heavy atom. The van der Waals surface area contributed by atoms with Gasteiger partial charge in [0.15, 0.2) is 6.61 Å². The lowest BCUT2D eigenvalue weighted by Crippen LogP contribution is -2.49. The maximum atomic E-state index is 12.4. The summed E-state index contributed by atoms with van der Waals surface area (Å²) in [7, 11) is 0. The molecule has 0 aliphatic carbocycles. The summed E-state index contributed by atoms with van der Waals surface area (Å²) in [5, 5.41) is 3.64. The fraction of sp³-hybridized carbons (Fsp3) is 0.529. The second kappa shape index (κ2) is 8.14. The van der Waals surface area contributed by atoms with E-state index in [9.17, 15) is 9.59 Å². The molecule has 134 valence electrons. The minimum Gasteiger partial charge on any atom is -0.455 e. The van der Waals surface area contributed by atoms with Gasteiger partial charge < -0.3 is 9.64 Å². The zero-order valence-electron chi connectivity index (χ0n) is 14.3. The number of esters is 1. The standard InChI is InChI=1S/C17H21N3O3S2/c1-11-4-3-5-12(2)20(11)14(21)8-23-15(22)9-25-17-13-6-7-24-16(13)18-10-19-17/h6-7,10-12H,3-5,8-9H2,1-2H3/t11-,12-/m0/s1. The molecule has 1 aliphatic heterocycles. The monoisotopic (exact) mass is 379 g/mol. The first kappa shape index (κ1) is 18.1. The molecule has 1 saturated heterocycles. The molecular weight excluding hydrogens is 358 g/mol. The fourth-order valence-corrected chi connectivity index (χ4v) is 4.76. The molecule has 0 unspecified atom stereocenters. The second-order valence-corrected chi connectivity index (χ2v) is 8.06. The lowest BCUT2D eigenvalue weighted by molar-refractivity contribution is -0.153. The van der Waals surface area contributed by atoms with Gasteiger partial charge in [-0.3, -0.25) is 9.59 Å². The largest absolute Gasteiger partial charge is 0.455 e. The van der Waals surface area contributed by atoms with Crippen molar-refractivity contribution < 1.29 is 14.3 Å². The predicted molar refractivity (Wildman–Crippen MR) is 98.7 cm³/mol. The van der Waals surface area contributed by atoms with Crippen molar-refractivity contribution in [2.45, 2.75) is 50.2 Å². The van der Waals surface area contributed by atoms with E-state index in [1.54, 1.807) is 0 Å². The van der Waals surface area contributed by atoms with E-state index in [-0.39, 0.29) is 30.4 Å². The van der Waals surface area contributed by atoms with Crippen molar-refractivity contribution in [2.24, 2.45) is 0 Å². The summed E-state index contributed by atoms with van der Waals surface area (Å²) in [4.78, 5) is 35.5. The van der Waals surface area contributed by atoms with Crippen LogP contribution in [0.5, 0.6) is 0 Å². The number of fused-ring (bicyclic) bond motifs is 1. The van der Waals surface area contributed by atoms with Crippen LogP contribution in [0.4, 0.5) is 0 Å². The van der Waals surface area contributed by atoms with Crippen LogP contribution in [0.2, 0.25) is 0 Å². The SMILES string of the molecule is C[C@H]1CCC[C@H](C)N1C(=O)COC(=O)CSc1ncnc2sccc12. The molecule has 25 heavy (non-hydrogen) atoms. The minimum atomic E-state index is -0.405. The summed E-state index contributed by atoms with van der Waals surface area (Å²) in [6.45, 7) is 3.91. The molecule has 2 aromatic rings. The number of likely N-dealkylation sites (tertiary alicyclic amines) is 1. The predicted octanol–water partition coefficient (Wildman–Crippen LogP) is 3.12. The first-order valence-corrected chi connectivity index (χ1v) is 10.2. The third kappa shape index (κ3) is 4.30. The molecule has 0 aromatic carbocycles. The Labute approximate surface area is 155 Å². The second-order valence-electron chi connectivity index (χ2n) is 6.20. The van der Waals surface area contributed by atoms with Gasteiger partial charge in [0.2, 0.25) is 0 Å². The molecule has 2 atom stereocenters. The van der Waals surface area contributed by atoms with Crippen LogP contribution in [-0.4, -0.2) is 51.2 Å². The molecular formula is C17H21N3O3S2. The summed E-state index contributed by atoms with van der Waals surface area (Å²) < 4.78 is 5.18. The van der Waals surface area contributed by atoms with Crippen LogP contribution in [0.25, 0.3) is 10.2 Å². The molecule has 1 aliphatic rings. The van der Waals surface area contributed by atoms with Crippen LogP contribution < -0.4 is 0 Å². The van der Waals surface area contributed by atoms with Crippen molar-refractivity contribution in [1.82, 2.24) is 14.9 Å². The zero-order chi connectivity index (χ0) is 17.8. The summed E-state index contributed by atoms with van der Waals surface area (Å²) >= 11 is 2.84. The van der Waals surface area contributed by atoms with Gasteiger partial charge in [-0.15, -0.1) is 11.3 Å². The third-order valence-corrected chi connectivity index (χ3v) is 6.19. The zero-order valence-corrected chi connectivity index (χ0v) is 15.9. The number of amides is 1. The van der Waals surface area contributed by atoms with Gasteiger partial charge in [0, 0.05) is 17.5 Å². The normalized spacial score (nSPS) is 20.6. The van der Waals surface area contributed by atoms with Crippen LogP contribution in [0.3, 0.4) is 0 Å². The van der Waals surface area contributed by atoms with Gasteiger partial charge in [0.05, 0.1) is 5.75 Å². The Kier molecular flexibility index (Phi) is 5.90. The molecule has 1 amide bonds. The van der Waals surface area contributed by atoms with Gasteiger partial charge >= 0.3 is 5.97 Å². The van der Waals surface area contributed by atoms with E-state index < -0.39 is 5.97 Å². The van der Waals surface area contributed by atoms with E-state index in [1.807, 2.05) is 30.2 Å². The van der Waals surface area contributed by atoms with Crippen molar-refractivity contribution in [3.63, 3.8) is 0 Å². The van der Waals surface area contributed by atoms with Gasteiger partial charge in [-0.2, -0.15) is 0 Å². The summed E-state index contributed by atoms with van der Waals surface area (Å²) in [6.07, 6.45) is 4.64. The number of thiophene rings is 1. The van der Waals surface area contributed by atoms with E-state index in [4.69, 9.17) is 4.74 Å². The molecule has 6 nitrogen and oxygen atoms in total. The van der Waals surface area contributed by atoms with E-state index >= 15 is 0 Å². The Morgan fingerprint density at radius 1 is 1.32 bits per heavy atom. The van der Waals surface area contributed by atoms with Crippen molar-refractivity contribution >= 4 is 45.2 Å². The highest BCUT2D eigenvalue weighted by molar-refractivity contribution is 8.00. The van der Waals surface area contributed by atoms with Gasteiger partial charge in [-0.25, -0.2) is 9.97 Å². The molecule has 3 rings (SSSR count). The van der Waals surface area contributed by atoms with E-state index in [0.717, 1.165) is 34.5 Å². The highest BCUT2D eigenvalue weighted by Crippen LogP contribution is 2.27. The number of rotatable bonds is 5. The average Bonchev–Trinajstić information content (AvgIpc) is 3.07. The number of hydrogen-bond donors (Lipinski definition) is 0. The van der Waals surface area contributed by atoms with Crippen molar-refractivity contribution in [2.75, 3.05) is 12.4 Å². The van der Waals surface area contributed by atoms with Crippen molar-refractivity contribution in [1.29, 1.82) is 0 Å². The molecule has 3 heterocycles. The van der Waals surface area contributed by atoms with E-state index in [0.29, 0.717) is 0 Å². The third-order valence-electron chi connectivity index (χ3n) is 4.39. The first-order chi connectivity index (χ1) is 12.1. The quantitative estimate of drug-likeness (QED) is 0.451. The number of ether oxygens (including phenoxy) is 1.